The third kappa shape index (κ3) is 5.15. The van der Waals surface area contributed by atoms with Crippen molar-refractivity contribution in [2.45, 2.75) is 39.3 Å². The Morgan fingerprint density at radius 3 is 2.61 bits per heavy atom. The van der Waals surface area contributed by atoms with E-state index < -0.39 is 0 Å². The summed E-state index contributed by atoms with van der Waals surface area (Å²) >= 11 is 12.2. The molecule has 1 aromatic carbocycles. The van der Waals surface area contributed by atoms with Crippen molar-refractivity contribution in [2.75, 3.05) is 13.2 Å². The molecule has 1 unspecified atom stereocenters. The van der Waals surface area contributed by atoms with Gasteiger partial charge in [-0.2, -0.15) is 0 Å². The molecule has 0 fully saturated rings. The van der Waals surface area contributed by atoms with E-state index in [1.165, 1.54) is 0 Å². The minimum Gasteiger partial charge on any atom is -0.379 e. The van der Waals surface area contributed by atoms with Gasteiger partial charge in [-0.1, -0.05) is 35.3 Å². The first-order valence-electron chi connectivity index (χ1n) is 6.31. The van der Waals surface area contributed by atoms with Crippen LogP contribution in [0.3, 0.4) is 0 Å². The molecule has 0 radical (unpaired) electrons. The van der Waals surface area contributed by atoms with Gasteiger partial charge in [-0.15, -0.1) is 0 Å². The SMILES string of the molecule is CC(C)OCCCNC(C)c1cccc(Cl)c1Cl. The van der Waals surface area contributed by atoms with Crippen molar-refractivity contribution < 1.29 is 4.74 Å². The summed E-state index contributed by atoms with van der Waals surface area (Å²) in [6.45, 7) is 7.85. The fourth-order valence-electron chi connectivity index (χ4n) is 1.67. The lowest BCUT2D eigenvalue weighted by Gasteiger charge is -2.16. The highest BCUT2D eigenvalue weighted by Crippen LogP contribution is 2.29. The van der Waals surface area contributed by atoms with Gasteiger partial charge in [0.15, 0.2) is 0 Å². The number of rotatable bonds is 7. The Labute approximate surface area is 120 Å². The van der Waals surface area contributed by atoms with Crippen LogP contribution >= 0.6 is 23.2 Å². The van der Waals surface area contributed by atoms with Crippen molar-refractivity contribution in [3.8, 4) is 0 Å². The zero-order chi connectivity index (χ0) is 13.5. The lowest BCUT2D eigenvalue weighted by molar-refractivity contribution is 0.0768. The molecule has 1 N–H and O–H groups in total. The lowest BCUT2D eigenvalue weighted by Crippen LogP contribution is -2.21. The number of halogens is 2. The maximum absolute atomic E-state index is 6.17. The molecule has 0 aromatic heterocycles. The first-order chi connectivity index (χ1) is 8.52. The molecule has 18 heavy (non-hydrogen) atoms. The van der Waals surface area contributed by atoms with Crippen molar-refractivity contribution in [1.29, 1.82) is 0 Å². The van der Waals surface area contributed by atoms with Crippen LogP contribution in [0.15, 0.2) is 18.2 Å². The molecule has 0 aliphatic heterocycles. The highest BCUT2D eigenvalue weighted by atomic mass is 35.5. The summed E-state index contributed by atoms with van der Waals surface area (Å²) in [5, 5.41) is 4.66. The molecular weight excluding hydrogens is 269 g/mol. The summed E-state index contributed by atoms with van der Waals surface area (Å²) < 4.78 is 5.49. The van der Waals surface area contributed by atoms with E-state index in [1.807, 2.05) is 26.0 Å². The Morgan fingerprint density at radius 1 is 1.22 bits per heavy atom. The van der Waals surface area contributed by atoms with E-state index in [0.29, 0.717) is 16.1 Å². The molecule has 0 aliphatic carbocycles. The quantitative estimate of drug-likeness (QED) is 0.749. The van der Waals surface area contributed by atoms with E-state index >= 15 is 0 Å². The topological polar surface area (TPSA) is 21.3 Å². The standard InChI is InChI=1S/C14H21Cl2NO/c1-10(2)18-9-5-8-17-11(3)12-6-4-7-13(15)14(12)16/h4,6-7,10-11,17H,5,8-9H2,1-3H3. The predicted molar refractivity (Wildman–Crippen MR) is 78.6 cm³/mol. The van der Waals surface area contributed by atoms with Crippen LogP contribution in [0.1, 0.15) is 38.8 Å². The van der Waals surface area contributed by atoms with E-state index in [1.54, 1.807) is 6.07 Å². The van der Waals surface area contributed by atoms with Crippen molar-refractivity contribution in [1.82, 2.24) is 5.32 Å². The monoisotopic (exact) mass is 289 g/mol. The van der Waals surface area contributed by atoms with E-state index in [2.05, 4.69) is 12.2 Å². The normalized spacial score (nSPS) is 13.0. The molecule has 0 heterocycles. The second kappa shape index (κ2) is 8.00. The molecule has 1 rings (SSSR count). The molecule has 0 saturated carbocycles. The van der Waals surface area contributed by atoms with E-state index in [9.17, 15) is 0 Å². The van der Waals surface area contributed by atoms with Gasteiger partial charge in [0.25, 0.3) is 0 Å². The van der Waals surface area contributed by atoms with Crippen LogP contribution in [0.4, 0.5) is 0 Å². The summed E-state index contributed by atoms with van der Waals surface area (Å²) in [6, 6.07) is 5.91. The molecule has 1 atom stereocenters. The Balaban J connectivity index is 2.36. The van der Waals surface area contributed by atoms with Gasteiger partial charge in [0.05, 0.1) is 16.1 Å². The number of hydrogen-bond acceptors (Lipinski definition) is 2. The van der Waals surface area contributed by atoms with Gasteiger partial charge < -0.3 is 10.1 Å². The van der Waals surface area contributed by atoms with Gasteiger partial charge in [0, 0.05) is 12.6 Å². The predicted octanol–water partition coefficient (Wildman–Crippen LogP) is 4.46. The van der Waals surface area contributed by atoms with Gasteiger partial charge in [-0.25, -0.2) is 0 Å². The van der Waals surface area contributed by atoms with Crippen LogP contribution in [0.25, 0.3) is 0 Å². The molecule has 0 amide bonds. The van der Waals surface area contributed by atoms with Crippen molar-refractivity contribution in [3.63, 3.8) is 0 Å². The molecule has 0 spiro atoms. The van der Waals surface area contributed by atoms with Gasteiger partial charge in [0.2, 0.25) is 0 Å². The molecule has 102 valence electrons. The van der Waals surface area contributed by atoms with E-state index in [-0.39, 0.29) is 6.04 Å². The molecule has 0 aliphatic rings. The van der Waals surface area contributed by atoms with E-state index in [0.717, 1.165) is 25.1 Å². The number of hydrogen-bond donors (Lipinski definition) is 1. The fraction of sp³-hybridized carbons (Fsp3) is 0.571. The highest BCUT2D eigenvalue weighted by Gasteiger charge is 2.10. The van der Waals surface area contributed by atoms with Crippen LogP contribution in [0, 0.1) is 0 Å². The molecule has 2 nitrogen and oxygen atoms in total. The maximum Gasteiger partial charge on any atom is 0.0639 e. The average molecular weight is 290 g/mol. The minimum absolute atomic E-state index is 0.190. The second-order valence-electron chi connectivity index (χ2n) is 4.59. The first-order valence-corrected chi connectivity index (χ1v) is 7.07. The summed E-state index contributed by atoms with van der Waals surface area (Å²) in [6.07, 6.45) is 1.28. The van der Waals surface area contributed by atoms with Gasteiger partial charge in [0.1, 0.15) is 0 Å². The number of ether oxygens (including phenoxy) is 1. The lowest BCUT2D eigenvalue weighted by atomic mass is 10.1. The van der Waals surface area contributed by atoms with Crippen molar-refractivity contribution >= 4 is 23.2 Å². The maximum atomic E-state index is 6.17. The third-order valence-corrected chi connectivity index (χ3v) is 3.50. The largest absolute Gasteiger partial charge is 0.379 e. The Kier molecular flexibility index (Phi) is 7.02. The van der Waals surface area contributed by atoms with Gasteiger partial charge in [-0.05, 0) is 45.4 Å². The minimum atomic E-state index is 0.190. The summed E-state index contributed by atoms with van der Waals surface area (Å²) in [5.41, 5.74) is 1.04. The smallest absolute Gasteiger partial charge is 0.0639 e. The zero-order valence-electron chi connectivity index (χ0n) is 11.2. The highest BCUT2D eigenvalue weighted by molar-refractivity contribution is 6.42. The van der Waals surface area contributed by atoms with Gasteiger partial charge in [-0.3, -0.25) is 0 Å². The fourth-order valence-corrected chi connectivity index (χ4v) is 2.15. The van der Waals surface area contributed by atoms with Crippen LogP contribution in [-0.2, 0) is 4.74 Å². The Bertz CT molecular complexity index is 369. The zero-order valence-corrected chi connectivity index (χ0v) is 12.7. The molecule has 1 aromatic rings. The molecule has 0 bridgehead atoms. The van der Waals surface area contributed by atoms with Gasteiger partial charge >= 0.3 is 0 Å². The van der Waals surface area contributed by atoms with Crippen LogP contribution in [-0.4, -0.2) is 19.3 Å². The summed E-state index contributed by atoms with van der Waals surface area (Å²) in [7, 11) is 0. The van der Waals surface area contributed by atoms with Crippen LogP contribution in [0.5, 0.6) is 0 Å². The first kappa shape index (κ1) is 15.8. The van der Waals surface area contributed by atoms with Crippen LogP contribution < -0.4 is 5.32 Å². The Morgan fingerprint density at radius 2 is 1.94 bits per heavy atom. The van der Waals surface area contributed by atoms with Crippen LogP contribution in [0.2, 0.25) is 10.0 Å². The van der Waals surface area contributed by atoms with Crippen molar-refractivity contribution in [2.24, 2.45) is 0 Å². The molecule has 0 saturated heterocycles. The van der Waals surface area contributed by atoms with E-state index in [4.69, 9.17) is 27.9 Å². The number of benzene rings is 1. The molecular formula is C14H21Cl2NO. The second-order valence-corrected chi connectivity index (χ2v) is 5.38. The third-order valence-electron chi connectivity index (χ3n) is 2.67. The average Bonchev–Trinajstić information content (AvgIpc) is 2.31. The Hall–Kier alpha value is -0.280. The van der Waals surface area contributed by atoms with Crippen molar-refractivity contribution in [3.05, 3.63) is 33.8 Å². The summed E-state index contributed by atoms with van der Waals surface area (Å²) in [5.74, 6) is 0. The summed E-state index contributed by atoms with van der Waals surface area (Å²) in [4.78, 5) is 0. The molecule has 4 heteroatoms. The number of nitrogens with one attached hydrogen (secondary N) is 1.